The molecule has 0 saturated carbocycles. The van der Waals surface area contributed by atoms with Crippen molar-refractivity contribution in [1.29, 1.82) is 0 Å². The van der Waals surface area contributed by atoms with Gasteiger partial charge in [0.05, 0.1) is 12.8 Å². The summed E-state index contributed by atoms with van der Waals surface area (Å²) in [4.78, 5) is 35.1. The molecule has 0 radical (unpaired) electrons. The zero-order valence-corrected chi connectivity index (χ0v) is 16.9. The highest BCUT2D eigenvalue weighted by Gasteiger charge is 2.12. The average molecular weight is 484 g/mol. The second-order valence-corrected chi connectivity index (χ2v) is 7.30. The van der Waals surface area contributed by atoms with Gasteiger partial charge in [-0.3, -0.25) is 14.4 Å². The third-order valence-electron chi connectivity index (χ3n) is 3.31. The first-order chi connectivity index (χ1) is 12.4. The van der Waals surface area contributed by atoms with E-state index in [0.29, 0.717) is 0 Å². The minimum Gasteiger partial charge on any atom is -0.457 e. The molecule has 26 heavy (non-hydrogen) atoms. The van der Waals surface area contributed by atoms with Crippen LogP contribution < -0.4 is 0 Å². The van der Waals surface area contributed by atoms with Crippen molar-refractivity contribution in [3.63, 3.8) is 0 Å². The lowest BCUT2D eigenvalue weighted by Gasteiger charge is -2.06. The Morgan fingerprint density at radius 2 is 1.00 bits per heavy atom. The number of hydrogen-bond acceptors (Lipinski definition) is 5. The molecule has 0 aliphatic rings. The van der Waals surface area contributed by atoms with Crippen molar-refractivity contribution in [2.24, 2.45) is 0 Å². The van der Waals surface area contributed by atoms with Gasteiger partial charge in [0, 0.05) is 8.95 Å². The monoisotopic (exact) mass is 482 g/mol. The topological polar surface area (TPSA) is 69.7 Å². The number of halogens is 2. The average Bonchev–Trinajstić information content (AvgIpc) is 2.62. The second kappa shape index (κ2) is 10.2. The molecule has 0 N–H and O–H groups in total. The first kappa shape index (κ1) is 20.3. The zero-order chi connectivity index (χ0) is 18.9. The van der Waals surface area contributed by atoms with E-state index in [0.717, 1.165) is 20.1 Å². The molecule has 0 aliphatic heterocycles. The minimum atomic E-state index is -0.512. The molecule has 7 heteroatoms. The minimum absolute atomic E-state index is 0.0733. The van der Waals surface area contributed by atoms with Gasteiger partial charge in [0.15, 0.2) is 13.2 Å². The SMILES string of the molecule is O=C(COC(=O)Cc1ccc(Br)cc1)COC(=O)Cc1ccc(Br)cc1. The van der Waals surface area contributed by atoms with E-state index >= 15 is 0 Å². The van der Waals surface area contributed by atoms with Gasteiger partial charge < -0.3 is 9.47 Å². The van der Waals surface area contributed by atoms with Crippen molar-refractivity contribution in [3.05, 3.63) is 68.6 Å². The summed E-state index contributed by atoms with van der Waals surface area (Å²) in [5.74, 6) is -1.50. The van der Waals surface area contributed by atoms with Crippen molar-refractivity contribution in [3.8, 4) is 0 Å². The molecule has 0 heterocycles. The largest absolute Gasteiger partial charge is 0.457 e. The van der Waals surface area contributed by atoms with Crippen LogP contribution in [0.5, 0.6) is 0 Å². The van der Waals surface area contributed by atoms with E-state index in [4.69, 9.17) is 9.47 Å². The van der Waals surface area contributed by atoms with Crippen molar-refractivity contribution >= 4 is 49.6 Å². The lowest BCUT2D eigenvalue weighted by atomic mass is 10.1. The van der Waals surface area contributed by atoms with Crippen LogP contribution in [0.15, 0.2) is 57.5 Å². The maximum absolute atomic E-state index is 11.7. The molecule has 2 aromatic carbocycles. The molecule has 5 nitrogen and oxygen atoms in total. The summed E-state index contributed by atoms with van der Waals surface area (Å²) in [7, 11) is 0. The first-order valence-corrected chi connectivity index (χ1v) is 9.33. The predicted molar refractivity (Wildman–Crippen MR) is 103 cm³/mol. The van der Waals surface area contributed by atoms with Crippen LogP contribution in [0.1, 0.15) is 11.1 Å². The summed E-state index contributed by atoms with van der Waals surface area (Å²) >= 11 is 6.62. The Morgan fingerprint density at radius 1 is 0.654 bits per heavy atom. The Hall–Kier alpha value is -1.99. The number of carbonyl (C=O) groups is 3. The van der Waals surface area contributed by atoms with Gasteiger partial charge in [0.1, 0.15) is 0 Å². The molecule has 0 amide bonds. The zero-order valence-electron chi connectivity index (χ0n) is 13.7. The quantitative estimate of drug-likeness (QED) is 0.536. The van der Waals surface area contributed by atoms with Crippen LogP contribution >= 0.6 is 31.9 Å². The molecule has 0 spiro atoms. The van der Waals surface area contributed by atoms with Crippen molar-refractivity contribution in [2.45, 2.75) is 12.8 Å². The van der Waals surface area contributed by atoms with Gasteiger partial charge in [-0.05, 0) is 35.4 Å². The number of ketones is 1. The highest BCUT2D eigenvalue weighted by molar-refractivity contribution is 9.10. The molecule has 2 aromatic rings. The third-order valence-corrected chi connectivity index (χ3v) is 4.37. The van der Waals surface area contributed by atoms with Crippen LogP contribution in [0.3, 0.4) is 0 Å². The van der Waals surface area contributed by atoms with Crippen LogP contribution in [-0.2, 0) is 36.7 Å². The summed E-state index contributed by atoms with van der Waals surface area (Å²) in [6.07, 6.45) is 0.147. The number of benzene rings is 2. The van der Waals surface area contributed by atoms with Crippen molar-refractivity contribution in [2.75, 3.05) is 13.2 Å². The molecule has 0 unspecified atom stereocenters. The van der Waals surface area contributed by atoms with E-state index in [1.165, 1.54) is 0 Å². The number of carbonyl (C=O) groups excluding carboxylic acids is 3. The van der Waals surface area contributed by atoms with E-state index < -0.39 is 30.9 Å². The summed E-state index contributed by atoms with van der Waals surface area (Å²) in [5.41, 5.74) is 1.57. The Morgan fingerprint density at radius 3 is 1.35 bits per heavy atom. The highest BCUT2D eigenvalue weighted by atomic mass is 79.9. The van der Waals surface area contributed by atoms with E-state index in [1.54, 1.807) is 24.3 Å². The third kappa shape index (κ3) is 7.49. The van der Waals surface area contributed by atoms with E-state index in [-0.39, 0.29) is 12.8 Å². The molecule has 0 fully saturated rings. The molecule has 0 saturated heterocycles. The van der Waals surface area contributed by atoms with Gasteiger partial charge in [-0.25, -0.2) is 0 Å². The van der Waals surface area contributed by atoms with Crippen LogP contribution in [0.4, 0.5) is 0 Å². The Kier molecular flexibility index (Phi) is 8.00. The number of rotatable bonds is 8. The van der Waals surface area contributed by atoms with Gasteiger partial charge in [-0.2, -0.15) is 0 Å². The smallest absolute Gasteiger partial charge is 0.310 e. The predicted octanol–water partition coefficient (Wildman–Crippen LogP) is 3.65. The fourth-order valence-electron chi connectivity index (χ4n) is 2.00. The van der Waals surface area contributed by atoms with Crippen molar-refractivity contribution in [1.82, 2.24) is 0 Å². The normalized spacial score (nSPS) is 10.2. The molecular weight excluding hydrogens is 468 g/mol. The van der Waals surface area contributed by atoms with Crippen molar-refractivity contribution < 1.29 is 23.9 Å². The Labute approximate surface area is 167 Å². The fraction of sp³-hybridized carbons (Fsp3) is 0.211. The van der Waals surface area contributed by atoms with Gasteiger partial charge in [-0.1, -0.05) is 56.1 Å². The maximum Gasteiger partial charge on any atom is 0.310 e. The van der Waals surface area contributed by atoms with Gasteiger partial charge >= 0.3 is 11.9 Å². The second-order valence-electron chi connectivity index (χ2n) is 5.47. The number of hydrogen-bond donors (Lipinski definition) is 0. The first-order valence-electron chi connectivity index (χ1n) is 7.74. The van der Waals surface area contributed by atoms with Crippen LogP contribution in [0.2, 0.25) is 0 Å². The van der Waals surface area contributed by atoms with E-state index in [2.05, 4.69) is 31.9 Å². The van der Waals surface area contributed by atoms with Gasteiger partial charge in [-0.15, -0.1) is 0 Å². The van der Waals surface area contributed by atoms with E-state index in [1.807, 2.05) is 24.3 Å². The fourth-order valence-corrected chi connectivity index (χ4v) is 2.53. The Balaban J connectivity index is 1.66. The summed E-state index contributed by atoms with van der Waals surface area (Å²) in [6, 6.07) is 14.4. The summed E-state index contributed by atoms with van der Waals surface area (Å²) in [6.45, 7) is -0.831. The van der Waals surface area contributed by atoms with E-state index in [9.17, 15) is 14.4 Å². The molecule has 0 aromatic heterocycles. The molecule has 2 rings (SSSR count). The molecule has 0 aliphatic carbocycles. The number of esters is 2. The lowest BCUT2D eigenvalue weighted by Crippen LogP contribution is -2.21. The molecule has 136 valence electrons. The van der Waals surface area contributed by atoms with Crippen LogP contribution in [0.25, 0.3) is 0 Å². The van der Waals surface area contributed by atoms with Crippen LogP contribution in [-0.4, -0.2) is 30.9 Å². The molecular formula is C19H16Br2O5. The molecule has 0 bridgehead atoms. The standard InChI is InChI=1S/C19H16Br2O5/c20-15-5-1-13(2-6-15)9-18(23)25-11-17(22)12-26-19(24)10-14-3-7-16(21)8-4-14/h1-8H,9-12H2. The number of Topliss-reactive ketones (excluding diaryl/α,β-unsaturated/α-hetero) is 1. The summed E-state index contributed by atoms with van der Waals surface area (Å²) < 4.78 is 11.6. The van der Waals surface area contributed by atoms with Gasteiger partial charge in [0.2, 0.25) is 5.78 Å². The Bertz CT molecular complexity index is 704. The van der Waals surface area contributed by atoms with Gasteiger partial charge in [0.25, 0.3) is 0 Å². The number of ether oxygens (including phenoxy) is 2. The lowest BCUT2D eigenvalue weighted by molar-refractivity contribution is -0.152. The maximum atomic E-state index is 11.7. The van der Waals surface area contributed by atoms with Crippen LogP contribution in [0, 0.1) is 0 Å². The highest BCUT2D eigenvalue weighted by Crippen LogP contribution is 2.12. The molecule has 0 atom stereocenters. The summed E-state index contributed by atoms with van der Waals surface area (Å²) in [5, 5.41) is 0.